The summed E-state index contributed by atoms with van der Waals surface area (Å²) in [4.78, 5) is 12.2. The number of thiophene rings is 1. The normalized spacial score (nSPS) is 12.3. The van der Waals surface area contributed by atoms with Crippen LogP contribution < -0.4 is 0 Å². The van der Waals surface area contributed by atoms with Crippen LogP contribution in [-0.4, -0.2) is 11.1 Å². The third-order valence-corrected chi connectivity index (χ3v) is 3.99. The molecule has 17 heavy (non-hydrogen) atoms. The molecule has 2 rings (SSSR count). The molecule has 1 aromatic carbocycles. The van der Waals surface area contributed by atoms with Crippen LogP contribution >= 0.6 is 27.3 Å². The fourth-order valence-electron chi connectivity index (χ4n) is 1.70. The molecular weight excluding hydrogens is 300 g/mol. The zero-order chi connectivity index (χ0) is 12.3. The Morgan fingerprint density at radius 2 is 2.18 bits per heavy atom. The monoisotopic (exact) mass is 310 g/mol. The Balaban J connectivity index is 2.22. The lowest BCUT2D eigenvalue weighted by Gasteiger charge is -2.10. The summed E-state index contributed by atoms with van der Waals surface area (Å²) in [5, 5.41) is 11.2. The van der Waals surface area contributed by atoms with E-state index in [4.69, 9.17) is 0 Å². The summed E-state index contributed by atoms with van der Waals surface area (Å²) in [6.45, 7) is 0. The van der Waals surface area contributed by atoms with Crippen LogP contribution in [0, 0.1) is 0 Å². The largest absolute Gasteiger partial charge is 0.481 e. The first-order valence-electron chi connectivity index (χ1n) is 5.17. The van der Waals surface area contributed by atoms with Gasteiger partial charge in [-0.2, -0.15) is 0 Å². The van der Waals surface area contributed by atoms with E-state index in [1.165, 1.54) is 11.3 Å². The highest BCUT2D eigenvalue weighted by atomic mass is 79.9. The number of rotatable bonds is 4. The topological polar surface area (TPSA) is 37.3 Å². The van der Waals surface area contributed by atoms with Crippen LogP contribution in [-0.2, 0) is 11.2 Å². The maximum atomic E-state index is 11.3. The fraction of sp³-hybridized carbons (Fsp3) is 0.154. The SMILES string of the molecule is O=C(O)C(Cc1cccc(Br)c1)c1cccs1. The molecule has 1 atom stereocenters. The van der Waals surface area contributed by atoms with Gasteiger partial charge in [0.2, 0.25) is 0 Å². The van der Waals surface area contributed by atoms with E-state index in [2.05, 4.69) is 15.9 Å². The van der Waals surface area contributed by atoms with Crippen LogP contribution in [0.5, 0.6) is 0 Å². The van der Waals surface area contributed by atoms with Crippen LogP contribution in [0.2, 0.25) is 0 Å². The average Bonchev–Trinajstić information content (AvgIpc) is 2.78. The molecule has 0 spiro atoms. The van der Waals surface area contributed by atoms with Crippen molar-refractivity contribution in [2.45, 2.75) is 12.3 Å². The number of carbonyl (C=O) groups is 1. The predicted molar refractivity (Wildman–Crippen MR) is 72.5 cm³/mol. The van der Waals surface area contributed by atoms with Crippen LogP contribution in [0.1, 0.15) is 16.4 Å². The van der Waals surface area contributed by atoms with Gasteiger partial charge in [0.1, 0.15) is 0 Å². The molecule has 0 saturated carbocycles. The van der Waals surface area contributed by atoms with Gasteiger partial charge in [-0.25, -0.2) is 0 Å². The second-order valence-corrected chi connectivity index (χ2v) is 5.64. The van der Waals surface area contributed by atoms with Gasteiger partial charge in [-0.05, 0) is 35.6 Å². The molecule has 0 amide bonds. The van der Waals surface area contributed by atoms with Gasteiger partial charge in [-0.1, -0.05) is 34.1 Å². The lowest BCUT2D eigenvalue weighted by molar-refractivity contribution is -0.138. The van der Waals surface area contributed by atoms with Crippen molar-refractivity contribution in [1.29, 1.82) is 0 Å². The van der Waals surface area contributed by atoms with E-state index < -0.39 is 11.9 Å². The summed E-state index contributed by atoms with van der Waals surface area (Å²) >= 11 is 4.88. The third kappa shape index (κ3) is 3.17. The number of carboxylic acid groups (broad SMARTS) is 1. The van der Waals surface area contributed by atoms with Gasteiger partial charge in [-0.15, -0.1) is 11.3 Å². The Hall–Kier alpha value is -1.13. The molecule has 1 N–H and O–H groups in total. The molecule has 0 bridgehead atoms. The minimum atomic E-state index is -0.771. The van der Waals surface area contributed by atoms with Gasteiger partial charge in [0.15, 0.2) is 0 Å². The van der Waals surface area contributed by atoms with E-state index in [0.29, 0.717) is 6.42 Å². The second kappa shape index (κ2) is 5.47. The van der Waals surface area contributed by atoms with E-state index in [9.17, 15) is 9.90 Å². The summed E-state index contributed by atoms with van der Waals surface area (Å²) in [7, 11) is 0. The van der Waals surface area contributed by atoms with E-state index >= 15 is 0 Å². The summed E-state index contributed by atoms with van der Waals surface area (Å²) < 4.78 is 0.977. The van der Waals surface area contributed by atoms with Gasteiger partial charge in [0, 0.05) is 9.35 Å². The quantitative estimate of drug-likeness (QED) is 0.929. The Labute approximate surface area is 112 Å². The number of hydrogen-bond acceptors (Lipinski definition) is 2. The van der Waals surface area contributed by atoms with Gasteiger partial charge < -0.3 is 5.11 Å². The highest BCUT2D eigenvalue weighted by Gasteiger charge is 2.21. The molecule has 0 aliphatic heterocycles. The molecule has 0 fully saturated rings. The molecule has 2 aromatic rings. The molecule has 1 heterocycles. The van der Waals surface area contributed by atoms with Crippen molar-refractivity contribution < 1.29 is 9.90 Å². The van der Waals surface area contributed by atoms with Crippen molar-refractivity contribution in [1.82, 2.24) is 0 Å². The van der Waals surface area contributed by atoms with Crippen molar-refractivity contribution in [3.63, 3.8) is 0 Å². The van der Waals surface area contributed by atoms with Crippen LogP contribution in [0.15, 0.2) is 46.3 Å². The first-order chi connectivity index (χ1) is 8.16. The first kappa shape index (κ1) is 12.3. The van der Waals surface area contributed by atoms with Crippen molar-refractivity contribution >= 4 is 33.2 Å². The van der Waals surface area contributed by atoms with Gasteiger partial charge in [0.25, 0.3) is 0 Å². The molecule has 0 aliphatic carbocycles. The number of hydrogen-bond donors (Lipinski definition) is 1. The number of benzene rings is 1. The Morgan fingerprint density at radius 3 is 2.76 bits per heavy atom. The van der Waals surface area contributed by atoms with E-state index in [1.54, 1.807) is 0 Å². The zero-order valence-electron chi connectivity index (χ0n) is 8.97. The zero-order valence-corrected chi connectivity index (χ0v) is 11.4. The summed E-state index contributed by atoms with van der Waals surface area (Å²) in [6, 6.07) is 11.5. The Kier molecular flexibility index (Phi) is 3.97. The van der Waals surface area contributed by atoms with Crippen LogP contribution in [0.4, 0.5) is 0 Å². The van der Waals surface area contributed by atoms with Crippen molar-refractivity contribution in [2.24, 2.45) is 0 Å². The lowest BCUT2D eigenvalue weighted by atomic mass is 9.98. The first-order valence-corrected chi connectivity index (χ1v) is 6.85. The van der Waals surface area contributed by atoms with E-state index in [-0.39, 0.29) is 0 Å². The third-order valence-electron chi connectivity index (χ3n) is 2.51. The second-order valence-electron chi connectivity index (χ2n) is 3.74. The van der Waals surface area contributed by atoms with Crippen LogP contribution in [0.25, 0.3) is 0 Å². The predicted octanol–water partition coefficient (Wildman–Crippen LogP) is 3.92. The lowest BCUT2D eigenvalue weighted by Crippen LogP contribution is -2.13. The standard InChI is InChI=1S/C13H11BrO2S/c14-10-4-1-3-9(7-10)8-11(13(15)16)12-5-2-6-17-12/h1-7,11H,8H2,(H,15,16). The molecule has 0 aliphatic rings. The molecule has 0 saturated heterocycles. The smallest absolute Gasteiger partial charge is 0.312 e. The number of aliphatic carboxylic acids is 1. The van der Waals surface area contributed by atoms with Crippen molar-refractivity contribution in [3.05, 3.63) is 56.7 Å². The molecule has 2 nitrogen and oxygen atoms in total. The van der Waals surface area contributed by atoms with Gasteiger partial charge in [0.05, 0.1) is 5.92 Å². The minimum Gasteiger partial charge on any atom is -0.481 e. The Bertz CT molecular complexity index is 508. The van der Waals surface area contributed by atoms with Gasteiger partial charge >= 0.3 is 5.97 Å². The van der Waals surface area contributed by atoms with Crippen molar-refractivity contribution in [2.75, 3.05) is 0 Å². The van der Waals surface area contributed by atoms with E-state index in [1.807, 2.05) is 41.8 Å². The molecule has 1 unspecified atom stereocenters. The molecule has 0 radical (unpaired) electrons. The van der Waals surface area contributed by atoms with Gasteiger partial charge in [-0.3, -0.25) is 4.79 Å². The summed E-state index contributed by atoms with van der Waals surface area (Å²) in [6.07, 6.45) is 0.523. The summed E-state index contributed by atoms with van der Waals surface area (Å²) in [5.74, 6) is -1.23. The maximum Gasteiger partial charge on any atom is 0.312 e. The molecule has 1 aromatic heterocycles. The van der Waals surface area contributed by atoms with Crippen LogP contribution in [0.3, 0.4) is 0 Å². The molecule has 88 valence electrons. The summed E-state index contributed by atoms with van der Waals surface area (Å²) in [5.41, 5.74) is 1.03. The maximum absolute atomic E-state index is 11.3. The molecule has 4 heteroatoms. The van der Waals surface area contributed by atoms with Crippen molar-refractivity contribution in [3.8, 4) is 0 Å². The Morgan fingerprint density at radius 1 is 1.35 bits per heavy atom. The minimum absolute atomic E-state index is 0.454. The average molecular weight is 311 g/mol. The highest BCUT2D eigenvalue weighted by molar-refractivity contribution is 9.10. The fourth-order valence-corrected chi connectivity index (χ4v) is 2.97. The number of halogens is 1. The molecular formula is C13H11BrO2S. The number of carboxylic acids is 1. The highest BCUT2D eigenvalue weighted by Crippen LogP contribution is 2.26. The van der Waals surface area contributed by atoms with E-state index in [0.717, 1.165) is 14.9 Å².